The molecule has 8 rings (SSSR count). The number of carbonyl (C=O) groups excluding carboxylic acids is 10. The van der Waals surface area contributed by atoms with E-state index in [9.17, 15) is 58.2 Å². The Morgan fingerprint density at radius 1 is 0.477 bits per heavy atom. The van der Waals surface area contributed by atoms with Crippen molar-refractivity contribution in [1.82, 2.24) is 31.1 Å². The predicted molar refractivity (Wildman–Crippen MR) is 402 cm³/mol. The van der Waals surface area contributed by atoms with E-state index in [-0.39, 0.29) is 143 Å². The van der Waals surface area contributed by atoms with Crippen molar-refractivity contribution in [3.8, 4) is 23.0 Å². The van der Waals surface area contributed by atoms with Gasteiger partial charge in [-0.25, -0.2) is 29.0 Å². The zero-order valence-corrected chi connectivity index (χ0v) is 64.2. The summed E-state index contributed by atoms with van der Waals surface area (Å²) in [6.45, 7) is 21.6. The molecule has 4 unspecified atom stereocenters. The average Bonchev–Trinajstić information content (AvgIpc) is 1.62. The number of carbonyl (C=O) groups is 10. The van der Waals surface area contributed by atoms with E-state index in [1.807, 2.05) is 6.92 Å². The van der Waals surface area contributed by atoms with Crippen molar-refractivity contribution in [2.45, 2.75) is 136 Å². The normalized spacial score (nSPS) is 17.5. The van der Waals surface area contributed by atoms with Gasteiger partial charge in [0, 0.05) is 56.7 Å². The van der Waals surface area contributed by atoms with Crippen molar-refractivity contribution >= 4 is 82.6 Å². The molecule has 34 nitrogen and oxygen atoms in total. The van der Waals surface area contributed by atoms with Crippen LogP contribution in [0.1, 0.15) is 106 Å². The Hall–Kier alpha value is -10.8. The van der Waals surface area contributed by atoms with E-state index >= 15 is 0 Å². The van der Waals surface area contributed by atoms with Crippen molar-refractivity contribution in [2.75, 3.05) is 128 Å². The van der Waals surface area contributed by atoms with E-state index in [0.717, 1.165) is 16.2 Å². The van der Waals surface area contributed by atoms with Crippen LogP contribution in [-0.4, -0.2) is 236 Å². The highest BCUT2D eigenvalue weighted by Crippen LogP contribution is 2.44. The van der Waals surface area contributed by atoms with Crippen molar-refractivity contribution < 1.29 is 115 Å². The third kappa shape index (κ3) is 23.2. The second-order valence-electron chi connectivity index (χ2n) is 27.3. The highest BCUT2D eigenvalue weighted by atomic mass is 16.6. The van der Waals surface area contributed by atoms with Crippen LogP contribution in [0.5, 0.6) is 23.0 Å². The molecule has 2 fully saturated rings. The molecule has 604 valence electrons. The van der Waals surface area contributed by atoms with Gasteiger partial charge >= 0.3 is 24.4 Å². The number of alkyl carbamates (subject to hydrolysis) is 2. The second-order valence-corrected chi connectivity index (χ2v) is 27.3. The summed E-state index contributed by atoms with van der Waals surface area (Å²) in [4.78, 5) is 141. The minimum atomic E-state index is -1.63. The first kappa shape index (κ1) is 85.8. The predicted octanol–water partition coefficient (Wildman–Crippen LogP) is 6.54. The quantitative estimate of drug-likeness (QED) is 0.0134. The van der Waals surface area contributed by atoms with Crippen LogP contribution in [0.2, 0.25) is 0 Å². The van der Waals surface area contributed by atoms with Gasteiger partial charge in [-0.1, -0.05) is 83.2 Å². The fourth-order valence-electron chi connectivity index (χ4n) is 12.3. The molecule has 0 aliphatic carbocycles. The van der Waals surface area contributed by atoms with Crippen molar-refractivity contribution in [3.05, 3.63) is 119 Å². The maximum atomic E-state index is 14.4. The van der Waals surface area contributed by atoms with Gasteiger partial charge in [0.05, 0.1) is 102 Å². The highest BCUT2D eigenvalue weighted by Gasteiger charge is 2.48. The lowest BCUT2D eigenvalue weighted by molar-refractivity contribution is -0.128. The van der Waals surface area contributed by atoms with Crippen LogP contribution < -0.4 is 60.6 Å². The summed E-state index contributed by atoms with van der Waals surface area (Å²) >= 11 is 0. The first-order chi connectivity index (χ1) is 53.2. The van der Waals surface area contributed by atoms with E-state index in [1.165, 1.54) is 69.2 Å². The standard InChI is InChI=1S/C77H102N10O24/c1-13-23-103-28-29-105-31-33-109-75(97)83-65(45(4)5)69(91)79-49(9)67(89)81-53-21-17-51(18-22-53)43-111-77(99)87-57-39-63(61(102-12)37-55(57)71(93)85-41-47(7)35-59(85)73(87)95)107-25-14-24-106-62-38-56-54(36-60(62)101-11)70(92)84-40-46(6)34-58(84)72(94)86(56)76(98)110-42-50-15-19-52(20-16-50)80-66(88)48(8)78-68(90)64(44(2)3)82-74(96)108-32-30-104-27-26-100-10/h15-22,36-39,44-45,48-49,58-59,64-65,72-73,94-95H,6-7,13-14,23-35,40-43H2,1-5,8-12H3,(H,78,90)(H,79,91)(H,80,88)(H,81,89)(H,82,96)(H,83,97)/t48-,49-,58?,59?,64-,65-,72?,73?/m0/s1. The van der Waals surface area contributed by atoms with Crippen molar-refractivity contribution in [2.24, 2.45) is 11.8 Å². The molecule has 4 heterocycles. The largest absolute Gasteiger partial charge is 0.493 e. The van der Waals surface area contributed by atoms with E-state index in [2.05, 4.69) is 45.1 Å². The number of nitrogens with zero attached hydrogens (tertiary/aromatic N) is 4. The van der Waals surface area contributed by atoms with E-state index in [0.29, 0.717) is 66.7 Å². The van der Waals surface area contributed by atoms with Crippen molar-refractivity contribution in [1.29, 1.82) is 0 Å². The van der Waals surface area contributed by atoms with Gasteiger partial charge in [0.15, 0.2) is 35.5 Å². The topological polar surface area (TPSA) is 407 Å². The minimum absolute atomic E-state index is 0.0114. The van der Waals surface area contributed by atoms with E-state index < -0.39 is 109 Å². The molecular formula is C77H102N10O24. The molecule has 2 saturated heterocycles. The SMILES string of the molecule is C=C1CC2C(O)N(C(=O)OCc3ccc(NC(=O)[C@H](C)NC(=O)[C@@H](NC(=O)OCCOCCOC)C(C)C)cc3)c3cc(OCCCOc4cc5c(cc4OC)C(=O)N4CC(=C)CC4C(O)N5C(=O)OCc4ccc(NC(=O)[C@H](C)NC(=O)[C@@H](NC(=O)OCCOCCOCCC)C(C)C)cc4)c(OC)cc3C(=O)N2C1. The average molecular weight is 1550 g/mol. The van der Waals surface area contributed by atoms with Crippen LogP contribution in [0, 0.1) is 11.8 Å². The number of aliphatic hydroxyl groups is 2. The number of ether oxygens (including phenoxy) is 12. The van der Waals surface area contributed by atoms with Gasteiger partial charge in [0.25, 0.3) is 11.8 Å². The van der Waals surface area contributed by atoms with E-state index in [1.54, 1.807) is 76.2 Å². The molecule has 34 heteroatoms. The Balaban J connectivity index is 0.879. The number of rotatable bonds is 38. The van der Waals surface area contributed by atoms with Crippen LogP contribution in [0.25, 0.3) is 0 Å². The summed E-state index contributed by atoms with van der Waals surface area (Å²) in [5.41, 5.74) is 2.78. The Morgan fingerprint density at radius 2 is 0.856 bits per heavy atom. The van der Waals surface area contributed by atoms with Gasteiger partial charge in [0.2, 0.25) is 23.6 Å². The summed E-state index contributed by atoms with van der Waals surface area (Å²) in [6.07, 6.45) is -5.60. The van der Waals surface area contributed by atoms with Gasteiger partial charge in [0.1, 0.15) is 50.6 Å². The Kier molecular flexibility index (Phi) is 31.9. The molecule has 4 aromatic rings. The number of aliphatic hydroxyl groups excluding tert-OH is 2. The molecule has 0 aromatic heterocycles. The Bertz CT molecular complexity index is 3890. The third-order valence-corrected chi connectivity index (χ3v) is 18.3. The lowest BCUT2D eigenvalue weighted by Gasteiger charge is -2.31. The molecule has 4 aromatic carbocycles. The van der Waals surface area contributed by atoms with Crippen LogP contribution in [-0.2, 0) is 70.3 Å². The summed E-state index contributed by atoms with van der Waals surface area (Å²) in [5.74, 6) is -3.81. The lowest BCUT2D eigenvalue weighted by Crippen LogP contribution is -2.53. The number of benzene rings is 4. The first-order valence-electron chi connectivity index (χ1n) is 36.6. The Morgan fingerprint density at radius 3 is 1.23 bits per heavy atom. The molecule has 4 aliphatic rings. The molecule has 0 saturated carbocycles. The molecule has 0 radical (unpaired) electrons. The molecule has 10 amide bonds. The van der Waals surface area contributed by atoms with Crippen LogP contribution in [0.3, 0.4) is 0 Å². The smallest absolute Gasteiger partial charge is 0.416 e. The van der Waals surface area contributed by atoms with Gasteiger partial charge in [-0.3, -0.25) is 28.8 Å². The maximum absolute atomic E-state index is 14.4. The summed E-state index contributed by atoms with van der Waals surface area (Å²) in [7, 11) is 4.26. The number of hydrogen-bond donors (Lipinski definition) is 8. The summed E-state index contributed by atoms with van der Waals surface area (Å²) in [6, 6.07) is 12.2. The number of methoxy groups -OCH3 is 3. The first-order valence-corrected chi connectivity index (χ1v) is 36.6. The number of hydrogen-bond acceptors (Lipinski definition) is 24. The van der Waals surface area contributed by atoms with Gasteiger partial charge < -0.3 is 109 Å². The molecular weight excluding hydrogens is 1450 g/mol. The van der Waals surface area contributed by atoms with Gasteiger partial charge in [-0.05, 0) is 92.5 Å². The molecule has 111 heavy (non-hydrogen) atoms. The second kappa shape index (κ2) is 41.3. The Labute approximate surface area is 643 Å². The summed E-state index contributed by atoms with van der Waals surface area (Å²) < 4.78 is 66.9. The zero-order valence-electron chi connectivity index (χ0n) is 64.2. The summed E-state index contributed by atoms with van der Waals surface area (Å²) in [5, 5.41) is 39.9. The number of anilines is 4. The molecule has 4 aliphatic heterocycles. The zero-order chi connectivity index (χ0) is 80.6. The van der Waals surface area contributed by atoms with Crippen LogP contribution in [0.4, 0.5) is 41.9 Å². The number of nitrogens with one attached hydrogen (secondary N) is 6. The minimum Gasteiger partial charge on any atom is -0.493 e. The number of fused-ring (bicyclic) bond motifs is 4. The maximum Gasteiger partial charge on any atom is 0.416 e. The fraction of sp³-hybridized carbons (Fsp3) is 0.506. The molecule has 0 spiro atoms. The van der Waals surface area contributed by atoms with Crippen LogP contribution >= 0.6 is 0 Å². The van der Waals surface area contributed by atoms with Crippen molar-refractivity contribution in [3.63, 3.8) is 0 Å². The highest BCUT2D eigenvalue weighted by molar-refractivity contribution is 6.08. The van der Waals surface area contributed by atoms with Gasteiger partial charge in [-0.15, -0.1) is 0 Å². The molecule has 0 bridgehead atoms. The third-order valence-electron chi connectivity index (χ3n) is 18.3. The van der Waals surface area contributed by atoms with E-state index in [4.69, 9.17) is 56.8 Å². The lowest BCUT2D eigenvalue weighted by atomic mass is 10.0. The van der Waals surface area contributed by atoms with Gasteiger partial charge in [-0.2, -0.15) is 0 Å². The molecule has 8 atom stereocenters. The monoisotopic (exact) mass is 1550 g/mol. The number of amides is 10. The molecule has 8 N–H and O–H groups in total. The fourth-order valence-corrected chi connectivity index (χ4v) is 12.3. The van der Waals surface area contributed by atoms with Crippen LogP contribution in [0.15, 0.2) is 97.1 Å².